The molecule has 0 aliphatic carbocycles. The molecule has 1 unspecified atom stereocenters. The van der Waals surface area contributed by atoms with Crippen LogP contribution in [-0.2, 0) is 16.0 Å². The fraction of sp³-hybridized carbons (Fsp3) is 0.467. The molecule has 5 heteroatoms. The van der Waals surface area contributed by atoms with E-state index in [1.807, 2.05) is 36.6 Å². The quantitative estimate of drug-likeness (QED) is 0.564. The molecule has 1 rings (SSSR count). The van der Waals surface area contributed by atoms with Gasteiger partial charge in [0, 0.05) is 0 Å². The molecule has 20 heavy (non-hydrogen) atoms. The van der Waals surface area contributed by atoms with Gasteiger partial charge in [0.1, 0.15) is 0 Å². The summed E-state index contributed by atoms with van der Waals surface area (Å²) >= 11 is 0. The van der Waals surface area contributed by atoms with Crippen molar-refractivity contribution in [1.82, 2.24) is 5.32 Å². The number of nitrogens with two attached hydrogens (primary N) is 2. The van der Waals surface area contributed by atoms with Gasteiger partial charge in [-0.3, -0.25) is 9.59 Å². The largest absolute Gasteiger partial charge is 0.344 e. The van der Waals surface area contributed by atoms with Gasteiger partial charge in [-0.1, -0.05) is 30.3 Å². The molecule has 0 aromatic heterocycles. The Bertz CT molecular complexity index is 409. The van der Waals surface area contributed by atoms with E-state index in [0.29, 0.717) is 19.4 Å². The van der Waals surface area contributed by atoms with Crippen molar-refractivity contribution >= 4 is 12.2 Å². The van der Waals surface area contributed by atoms with Crippen LogP contribution >= 0.6 is 0 Å². The summed E-state index contributed by atoms with van der Waals surface area (Å²) in [6.07, 6.45) is 4.43. The molecule has 0 aliphatic rings. The maximum Gasteiger partial charge on any atom is 0.237 e. The van der Waals surface area contributed by atoms with Gasteiger partial charge in [0.2, 0.25) is 12.2 Å². The van der Waals surface area contributed by atoms with E-state index in [4.69, 9.17) is 11.5 Å². The van der Waals surface area contributed by atoms with E-state index in [0.717, 1.165) is 18.4 Å². The third-order valence-electron chi connectivity index (χ3n) is 3.04. The van der Waals surface area contributed by atoms with Crippen LogP contribution in [0.3, 0.4) is 0 Å². The number of amides is 1. The number of hydrogen-bond donors (Lipinski definition) is 3. The Balaban J connectivity index is 2.41. The Morgan fingerprint density at radius 3 is 2.55 bits per heavy atom. The summed E-state index contributed by atoms with van der Waals surface area (Å²) in [5.41, 5.74) is 12.2. The van der Waals surface area contributed by atoms with Gasteiger partial charge < -0.3 is 16.8 Å². The SMILES string of the molecule is NCCCC[C@H]([C]=O)NC(=O)C(N)Cc1ccccc1. The van der Waals surface area contributed by atoms with E-state index in [9.17, 15) is 9.59 Å². The summed E-state index contributed by atoms with van der Waals surface area (Å²) in [6.45, 7) is 0.576. The predicted octanol–water partition coefficient (Wildman–Crippen LogP) is 0.280. The highest BCUT2D eigenvalue weighted by molar-refractivity contribution is 5.84. The highest BCUT2D eigenvalue weighted by Gasteiger charge is 2.18. The topological polar surface area (TPSA) is 98.2 Å². The van der Waals surface area contributed by atoms with E-state index >= 15 is 0 Å². The fourth-order valence-corrected chi connectivity index (χ4v) is 1.89. The van der Waals surface area contributed by atoms with E-state index in [-0.39, 0.29) is 5.91 Å². The number of benzene rings is 1. The van der Waals surface area contributed by atoms with Crippen LogP contribution in [0, 0.1) is 0 Å². The molecule has 1 amide bonds. The molecule has 2 atom stereocenters. The molecule has 5 nitrogen and oxygen atoms in total. The summed E-state index contributed by atoms with van der Waals surface area (Å²) in [7, 11) is 0. The maximum atomic E-state index is 11.9. The lowest BCUT2D eigenvalue weighted by Gasteiger charge is -2.16. The highest BCUT2D eigenvalue weighted by Crippen LogP contribution is 2.03. The molecule has 109 valence electrons. The number of hydrogen-bond acceptors (Lipinski definition) is 4. The van der Waals surface area contributed by atoms with Crippen molar-refractivity contribution in [2.24, 2.45) is 11.5 Å². The van der Waals surface area contributed by atoms with Gasteiger partial charge in [0.05, 0.1) is 12.1 Å². The van der Waals surface area contributed by atoms with Gasteiger partial charge in [0.25, 0.3) is 0 Å². The lowest BCUT2D eigenvalue weighted by molar-refractivity contribution is -0.122. The van der Waals surface area contributed by atoms with Gasteiger partial charge in [-0.25, -0.2) is 0 Å². The van der Waals surface area contributed by atoms with Crippen molar-refractivity contribution in [1.29, 1.82) is 0 Å². The molecule has 1 aromatic rings. The first-order valence-corrected chi connectivity index (χ1v) is 6.85. The van der Waals surface area contributed by atoms with Crippen molar-refractivity contribution < 1.29 is 9.59 Å². The van der Waals surface area contributed by atoms with Crippen molar-refractivity contribution in [2.45, 2.75) is 37.8 Å². The lowest BCUT2D eigenvalue weighted by Crippen LogP contribution is -2.47. The van der Waals surface area contributed by atoms with Gasteiger partial charge in [-0.05, 0) is 37.8 Å². The lowest BCUT2D eigenvalue weighted by atomic mass is 10.1. The van der Waals surface area contributed by atoms with Crippen molar-refractivity contribution in [3.05, 3.63) is 35.9 Å². The first-order valence-electron chi connectivity index (χ1n) is 6.85. The smallest absolute Gasteiger partial charge is 0.237 e. The predicted molar refractivity (Wildman–Crippen MR) is 78.7 cm³/mol. The van der Waals surface area contributed by atoms with Crippen molar-refractivity contribution in [3.63, 3.8) is 0 Å². The maximum absolute atomic E-state index is 11.9. The highest BCUT2D eigenvalue weighted by atomic mass is 16.2. The molecule has 0 bridgehead atoms. The molecule has 1 radical (unpaired) electrons. The Kier molecular flexibility index (Phi) is 7.54. The molecule has 0 spiro atoms. The second kappa shape index (κ2) is 9.23. The number of carbonyl (C=O) groups excluding carboxylic acids is 2. The standard InChI is InChI=1S/C15H22N3O2/c16-9-5-4-8-13(11-19)18-15(20)14(17)10-12-6-2-1-3-7-12/h1-3,6-7,13-14H,4-5,8-10,16-17H2,(H,18,20)/t13-,14?/m1/s1. The fourth-order valence-electron chi connectivity index (χ4n) is 1.89. The number of unbranched alkanes of at least 4 members (excludes halogenated alkanes) is 1. The summed E-state index contributed by atoms with van der Waals surface area (Å²) in [4.78, 5) is 22.7. The summed E-state index contributed by atoms with van der Waals surface area (Å²) < 4.78 is 0. The van der Waals surface area contributed by atoms with Crippen LogP contribution in [0.5, 0.6) is 0 Å². The van der Waals surface area contributed by atoms with Crippen LogP contribution < -0.4 is 16.8 Å². The average molecular weight is 276 g/mol. The molecular weight excluding hydrogens is 254 g/mol. The zero-order chi connectivity index (χ0) is 14.8. The molecule has 0 saturated carbocycles. The minimum Gasteiger partial charge on any atom is -0.344 e. The molecular formula is C15H22N3O2. The Labute approximate surface area is 119 Å². The van der Waals surface area contributed by atoms with Gasteiger partial charge in [0.15, 0.2) is 0 Å². The zero-order valence-corrected chi connectivity index (χ0v) is 11.5. The first kappa shape index (κ1) is 16.3. The minimum absolute atomic E-state index is 0.324. The summed E-state index contributed by atoms with van der Waals surface area (Å²) in [6, 6.07) is 8.27. The Morgan fingerprint density at radius 1 is 1.25 bits per heavy atom. The zero-order valence-electron chi connectivity index (χ0n) is 11.5. The second-order valence-electron chi connectivity index (χ2n) is 4.76. The van der Waals surface area contributed by atoms with Crippen LogP contribution in [0.15, 0.2) is 30.3 Å². The number of nitrogens with one attached hydrogen (secondary N) is 1. The van der Waals surface area contributed by atoms with Gasteiger partial charge >= 0.3 is 0 Å². The average Bonchev–Trinajstić information content (AvgIpc) is 2.47. The van der Waals surface area contributed by atoms with Crippen LogP contribution in [0.4, 0.5) is 0 Å². The Hall–Kier alpha value is -1.72. The third kappa shape index (κ3) is 5.95. The summed E-state index contributed by atoms with van der Waals surface area (Å²) in [5.74, 6) is -0.324. The van der Waals surface area contributed by atoms with E-state index < -0.39 is 12.1 Å². The van der Waals surface area contributed by atoms with Crippen LogP contribution in [0.2, 0.25) is 0 Å². The van der Waals surface area contributed by atoms with Crippen LogP contribution in [0.1, 0.15) is 24.8 Å². The third-order valence-corrected chi connectivity index (χ3v) is 3.04. The first-order chi connectivity index (χ1) is 9.67. The van der Waals surface area contributed by atoms with Crippen LogP contribution in [-0.4, -0.2) is 30.8 Å². The minimum atomic E-state index is -0.664. The van der Waals surface area contributed by atoms with Gasteiger partial charge in [-0.15, -0.1) is 0 Å². The molecule has 0 fully saturated rings. The molecule has 5 N–H and O–H groups in total. The van der Waals surface area contributed by atoms with E-state index in [1.54, 1.807) is 0 Å². The Morgan fingerprint density at radius 2 is 1.95 bits per heavy atom. The number of carbonyl (C=O) groups is 1. The summed E-state index contributed by atoms with van der Waals surface area (Å²) in [5, 5.41) is 2.62. The monoisotopic (exact) mass is 276 g/mol. The molecule has 0 aliphatic heterocycles. The normalized spacial score (nSPS) is 13.5. The molecule has 0 heterocycles. The van der Waals surface area contributed by atoms with Gasteiger partial charge in [-0.2, -0.15) is 0 Å². The van der Waals surface area contributed by atoms with Crippen molar-refractivity contribution in [2.75, 3.05) is 6.54 Å². The molecule has 0 saturated heterocycles. The van der Waals surface area contributed by atoms with Crippen molar-refractivity contribution in [3.8, 4) is 0 Å². The van der Waals surface area contributed by atoms with E-state index in [1.165, 1.54) is 0 Å². The second-order valence-corrected chi connectivity index (χ2v) is 4.76. The van der Waals surface area contributed by atoms with Crippen LogP contribution in [0.25, 0.3) is 0 Å². The molecule has 1 aromatic carbocycles. The number of rotatable bonds is 9. The van der Waals surface area contributed by atoms with E-state index in [2.05, 4.69) is 5.32 Å².